The van der Waals surface area contributed by atoms with Crippen LogP contribution in [0.15, 0.2) is 30.3 Å². The Hall–Kier alpha value is -2.14. The Morgan fingerprint density at radius 1 is 1.12 bits per heavy atom. The van der Waals surface area contributed by atoms with E-state index < -0.39 is 0 Å². The monoisotopic (exact) mass is 326 g/mol. The fourth-order valence-electron chi connectivity index (χ4n) is 3.26. The number of hydrogen-bond acceptors (Lipinski definition) is 3. The third-order valence-corrected chi connectivity index (χ3v) is 4.72. The minimum atomic E-state index is 0.140. The first-order chi connectivity index (χ1) is 11.6. The number of piperazine rings is 1. The summed E-state index contributed by atoms with van der Waals surface area (Å²) in [7, 11) is 0. The molecule has 2 heterocycles. The van der Waals surface area contributed by atoms with E-state index >= 15 is 0 Å². The molecule has 1 aromatic heterocycles. The molecule has 1 fully saturated rings. The van der Waals surface area contributed by atoms with Crippen molar-refractivity contribution in [2.24, 2.45) is 0 Å². The van der Waals surface area contributed by atoms with Crippen LogP contribution in [0.2, 0.25) is 0 Å². The summed E-state index contributed by atoms with van der Waals surface area (Å²) in [6.45, 7) is 11.5. The number of aromatic nitrogens is 2. The lowest BCUT2D eigenvalue weighted by molar-refractivity contribution is 0.0643. The Kier molecular flexibility index (Phi) is 5.00. The van der Waals surface area contributed by atoms with Gasteiger partial charge in [-0.3, -0.25) is 9.48 Å². The van der Waals surface area contributed by atoms with Crippen molar-refractivity contribution in [1.29, 1.82) is 0 Å². The molecule has 1 aromatic carbocycles. The van der Waals surface area contributed by atoms with Crippen LogP contribution >= 0.6 is 0 Å². The van der Waals surface area contributed by atoms with Crippen LogP contribution in [0.4, 0.5) is 0 Å². The van der Waals surface area contributed by atoms with Gasteiger partial charge in [0.1, 0.15) is 0 Å². The quantitative estimate of drug-likeness (QED) is 0.866. The molecule has 0 spiro atoms. The topological polar surface area (TPSA) is 41.4 Å². The van der Waals surface area contributed by atoms with Crippen molar-refractivity contribution < 1.29 is 4.79 Å². The maximum absolute atomic E-state index is 12.8. The van der Waals surface area contributed by atoms with Crippen LogP contribution < -0.4 is 0 Å². The first kappa shape index (κ1) is 16.7. The first-order valence-corrected chi connectivity index (χ1v) is 8.68. The lowest BCUT2D eigenvalue weighted by atomic mass is 10.1. The van der Waals surface area contributed by atoms with Gasteiger partial charge in [0, 0.05) is 37.4 Å². The Bertz CT molecular complexity index is 714. The Labute approximate surface area is 143 Å². The van der Waals surface area contributed by atoms with Crippen molar-refractivity contribution in [2.45, 2.75) is 27.3 Å². The summed E-state index contributed by atoms with van der Waals surface area (Å²) in [6, 6.07) is 10.0. The molecule has 24 heavy (non-hydrogen) atoms. The third kappa shape index (κ3) is 3.67. The summed E-state index contributed by atoms with van der Waals surface area (Å²) in [5, 5.41) is 4.50. The molecule has 1 aliphatic heterocycles. The zero-order valence-electron chi connectivity index (χ0n) is 14.8. The standard InChI is InChI=1S/C19H26N4O/c1-4-21-8-10-22(11-9-21)19(24)18-7-5-6-17(13-18)14-23-16(3)12-15(2)20-23/h5-7,12-13H,4,8-11,14H2,1-3H3. The Balaban J connectivity index is 1.71. The largest absolute Gasteiger partial charge is 0.336 e. The number of hydrogen-bond donors (Lipinski definition) is 0. The molecule has 0 N–H and O–H groups in total. The summed E-state index contributed by atoms with van der Waals surface area (Å²) in [5.41, 5.74) is 4.05. The third-order valence-electron chi connectivity index (χ3n) is 4.72. The number of aryl methyl sites for hydroxylation is 2. The molecule has 0 atom stereocenters. The van der Waals surface area contributed by atoms with Crippen molar-refractivity contribution in [2.75, 3.05) is 32.7 Å². The summed E-state index contributed by atoms with van der Waals surface area (Å²) in [5.74, 6) is 0.140. The Morgan fingerprint density at radius 2 is 1.88 bits per heavy atom. The Morgan fingerprint density at radius 3 is 2.50 bits per heavy atom. The van der Waals surface area contributed by atoms with Crippen molar-refractivity contribution in [3.8, 4) is 0 Å². The van der Waals surface area contributed by atoms with Crippen LogP contribution in [0.25, 0.3) is 0 Å². The average molecular weight is 326 g/mol. The van der Waals surface area contributed by atoms with E-state index in [1.165, 1.54) is 0 Å². The molecule has 0 radical (unpaired) electrons. The van der Waals surface area contributed by atoms with Gasteiger partial charge in [-0.2, -0.15) is 5.10 Å². The summed E-state index contributed by atoms with van der Waals surface area (Å²) >= 11 is 0. The van der Waals surface area contributed by atoms with E-state index in [4.69, 9.17) is 0 Å². The summed E-state index contributed by atoms with van der Waals surface area (Å²) < 4.78 is 1.99. The second-order valence-corrected chi connectivity index (χ2v) is 6.51. The number of carbonyl (C=O) groups is 1. The van der Waals surface area contributed by atoms with Crippen LogP contribution in [-0.4, -0.2) is 58.2 Å². The number of likely N-dealkylation sites (N-methyl/N-ethyl adjacent to an activating group) is 1. The number of amides is 1. The highest BCUT2D eigenvalue weighted by atomic mass is 16.2. The molecule has 0 bridgehead atoms. The van der Waals surface area contributed by atoms with Gasteiger partial charge in [-0.25, -0.2) is 0 Å². The van der Waals surface area contributed by atoms with Gasteiger partial charge in [0.2, 0.25) is 0 Å². The van der Waals surface area contributed by atoms with Gasteiger partial charge in [0.25, 0.3) is 5.91 Å². The highest BCUT2D eigenvalue weighted by Gasteiger charge is 2.21. The van der Waals surface area contributed by atoms with Crippen LogP contribution in [0.1, 0.15) is 34.2 Å². The highest BCUT2D eigenvalue weighted by Crippen LogP contribution is 2.13. The minimum Gasteiger partial charge on any atom is -0.336 e. The van der Waals surface area contributed by atoms with Gasteiger partial charge in [-0.1, -0.05) is 19.1 Å². The second kappa shape index (κ2) is 7.18. The molecule has 3 rings (SSSR count). The van der Waals surface area contributed by atoms with Crippen LogP contribution in [-0.2, 0) is 6.54 Å². The van der Waals surface area contributed by atoms with E-state index in [9.17, 15) is 4.79 Å². The highest BCUT2D eigenvalue weighted by molar-refractivity contribution is 5.94. The fraction of sp³-hybridized carbons (Fsp3) is 0.474. The van der Waals surface area contributed by atoms with E-state index in [0.717, 1.165) is 55.2 Å². The van der Waals surface area contributed by atoms with E-state index in [2.05, 4.69) is 36.0 Å². The van der Waals surface area contributed by atoms with Gasteiger partial charge < -0.3 is 9.80 Å². The van der Waals surface area contributed by atoms with Crippen LogP contribution in [0, 0.1) is 13.8 Å². The zero-order valence-corrected chi connectivity index (χ0v) is 14.8. The molecule has 1 saturated heterocycles. The second-order valence-electron chi connectivity index (χ2n) is 6.51. The fourth-order valence-corrected chi connectivity index (χ4v) is 3.26. The van der Waals surface area contributed by atoms with Crippen LogP contribution in [0.3, 0.4) is 0 Å². The van der Waals surface area contributed by atoms with E-state index in [-0.39, 0.29) is 5.91 Å². The van der Waals surface area contributed by atoms with Crippen molar-refractivity contribution in [3.05, 3.63) is 52.8 Å². The smallest absolute Gasteiger partial charge is 0.253 e. The van der Waals surface area contributed by atoms with Crippen LogP contribution in [0.5, 0.6) is 0 Å². The molecule has 0 aliphatic carbocycles. The van der Waals surface area contributed by atoms with E-state index in [1.807, 2.05) is 34.7 Å². The van der Waals surface area contributed by atoms with Crippen molar-refractivity contribution in [3.63, 3.8) is 0 Å². The SMILES string of the molecule is CCN1CCN(C(=O)c2cccc(Cn3nc(C)cc3C)c2)CC1. The summed E-state index contributed by atoms with van der Waals surface area (Å²) in [4.78, 5) is 17.1. The molecule has 2 aromatic rings. The van der Waals surface area contributed by atoms with E-state index in [1.54, 1.807) is 0 Å². The molecule has 1 aliphatic rings. The molecule has 5 nitrogen and oxygen atoms in total. The van der Waals surface area contributed by atoms with Crippen molar-refractivity contribution >= 4 is 5.91 Å². The van der Waals surface area contributed by atoms with Gasteiger partial charge in [-0.15, -0.1) is 0 Å². The number of benzene rings is 1. The minimum absolute atomic E-state index is 0.140. The molecule has 0 saturated carbocycles. The average Bonchev–Trinajstić information content (AvgIpc) is 2.92. The molecule has 1 amide bonds. The van der Waals surface area contributed by atoms with Gasteiger partial charge >= 0.3 is 0 Å². The zero-order chi connectivity index (χ0) is 17.1. The first-order valence-electron chi connectivity index (χ1n) is 8.68. The number of nitrogens with zero attached hydrogens (tertiary/aromatic N) is 4. The lowest BCUT2D eigenvalue weighted by Crippen LogP contribution is -2.48. The van der Waals surface area contributed by atoms with Gasteiger partial charge in [-0.05, 0) is 44.2 Å². The lowest BCUT2D eigenvalue weighted by Gasteiger charge is -2.34. The molecule has 0 unspecified atom stereocenters. The number of rotatable bonds is 4. The van der Waals surface area contributed by atoms with Crippen molar-refractivity contribution in [1.82, 2.24) is 19.6 Å². The predicted octanol–water partition coefficient (Wildman–Crippen LogP) is 2.33. The molecule has 5 heteroatoms. The normalized spacial score (nSPS) is 15.7. The maximum Gasteiger partial charge on any atom is 0.253 e. The molecule has 128 valence electrons. The maximum atomic E-state index is 12.8. The summed E-state index contributed by atoms with van der Waals surface area (Å²) in [6.07, 6.45) is 0. The van der Waals surface area contributed by atoms with E-state index in [0.29, 0.717) is 6.54 Å². The number of carbonyl (C=O) groups excluding carboxylic acids is 1. The van der Waals surface area contributed by atoms with Gasteiger partial charge in [0.05, 0.1) is 12.2 Å². The molecular formula is C19H26N4O. The van der Waals surface area contributed by atoms with Gasteiger partial charge in [0.15, 0.2) is 0 Å². The predicted molar refractivity (Wildman–Crippen MR) is 95.3 cm³/mol. The molecular weight excluding hydrogens is 300 g/mol.